The molecule has 1 N–H and O–H groups in total. The van der Waals surface area contributed by atoms with Gasteiger partial charge in [-0.25, -0.2) is 0 Å². The fourth-order valence-corrected chi connectivity index (χ4v) is 3.14. The lowest BCUT2D eigenvalue weighted by molar-refractivity contribution is -0.135. The predicted octanol–water partition coefficient (Wildman–Crippen LogP) is 1.75. The first-order chi connectivity index (χ1) is 11.1. The van der Waals surface area contributed by atoms with Gasteiger partial charge in [0, 0.05) is 37.3 Å². The molecule has 0 radical (unpaired) electrons. The van der Waals surface area contributed by atoms with Crippen LogP contribution in [0.25, 0.3) is 10.9 Å². The number of amides is 1. The van der Waals surface area contributed by atoms with Crippen molar-refractivity contribution in [1.82, 2.24) is 14.8 Å². The number of carbonyl (C=O) groups excluding carboxylic acids is 1. The molecular formula is C18H23N3O2. The second-order valence-corrected chi connectivity index (χ2v) is 6.08. The number of hydrogen-bond acceptors (Lipinski definition) is 3. The maximum atomic E-state index is 12.0. The monoisotopic (exact) mass is 313 g/mol. The molecule has 0 bridgehead atoms. The zero-order valence-electron chi connectivity index (χ0n) is 13.8. The Labute approximate surface area is 135 Å². The van der Waals surface area contributed by atoms with Gasteiger partial charge in [-0.15, -0.1) is 0 Å². The highest BCUT2D eigenvalue weighted by molar-refractivity contribution is 5.80. The summed E-state index contributed by atoms with van der Waals surface area (Å²) in [6.45, 7) is 7.66. The second kappa shape index (κ2) is 6.54. The van der Waals surface area contributed by atoms with Crippen LogP contribution in [0.15, 0.2) is 29.1 Å². The normalized spacial score (nSPS) is 16.3. The summed E-state index contributed by atoms with van der Waals surface area (Å²) in [4.78, 5) is 31.0. The van der Waals surface area contributed by atoms with Crippen molar-refractivity contribution in [2.45, 2.75) is 26.8 Å². The number of nitrogens with zero attached hydrogens (tertiary/aromatic N) is 2. The second-order valence-electron chi connectivity index (χ2n) is 6.08. The van der Waals surface area contributed by atoms with Gasteiger partial charge in [-0.2, -0.15) is 0 Å². The molecule has 122 valence electrons. The molecule has 5 heteroatoms. The fraction of sp³-hybridized carbons (Fsp3) is 0.444. The van der Waals surface area contributed by atoms with E-state index >= 15 is 0 Å². The molecule has 1 aliphatic rings. The molecular weight excluding hydrogens is 290 g/mol. The first-order valence-electron chi connectivity index (χ1n) is 8.25. The molecule has 23 heavy (non-hydrogen) atoms. The number of fused-ring (bicyclic) bond motifs is 1. The van der Waals surface area contributed by atoms with Gasteiger partial charge in [0.15, 0.2) is 0 Å². The fourth-order valence-electron chi connectivity index (χ4n) is 3.14. The van der Waals surface area contributed by atoms with Crippen LogP contribution in [-0.2, 0) is 17.8 Å². The number of benzene rings is 1. The van der Waals surface area contributed by atoms with E-state index in [1.165, 1.54) is 0 Å². The summed E-state index contributed by atoms with van der Waals surface area (Å²) >= 11 is 0. The number of nitrogens with one attached hydrogen (secondary N) is 1. The van der Waals surface area contributed by atoms with E-state index < -0.39 is 0 Å². The number of pyridine rings is 1. The highest BCUT2D eigenvalue weighted by Crippen LogP contribution is 2.16. The summed E-state index contributed by atoms with van der Waals surface area (Å²) < 4.78 is 0. The van der Waals surface area contributed by atoms with Gasteiger partial charge in [0.1, 0.15) is 0 Å². The number of likely N-dealkylation sites (N-methyl/N-ethyl adjacent to an activating group) is 1. The lowest BCUT2D eigenvalue weighted by Gasteiger charge is -2.33. The minimum Gasteiger partial charge on any atom is -0.341 e. The molecule has 2 aromatic rings. The van der Waals surface area contributed by atoms with Crippen molar-refractivity contribution in [1.29, 1.82) is 0 Å². The first-order valence-corrected chi connectivity index (χ1v) is 8.25. The molecule has 1 amide bonds. The Morgan fingerprint density at radius 2 is 1.96 bits per heavy atom. The third-order valence-corrected chi connectivity index (χ3v) is 4.55. The Morgan fingerprint density at radius 1 is 1.13 bits per heavy atom. The van der Waals surface area contributed by atoms with Crippen LogP contribution < -0.4 is 5.56 Å². The lowest BCUT2D eigenvalue weighted by atomic mass is 10.1. The van der Waals surface area contributed by atoms with E-state index in [1.54, 1.807) is 0 Å². The summed E-state index contributed by atoms with van der Waals surface area (Å²) in [7, 11) is 0. The summed E-state index contributed by atoms with van der Waals surface area (Å²) in [5.41, 5.74) is 2.79. The molecule has 1 saturated heterocycles. The quantitative estimate of drug-likeness (QED) is 0.936. The van der Waals surface area contributed by atoms with Crippen LogP contribution in [0.2, 0.25) is 0 Å². The van der Waals surface area contributed by atoms with Crippen molar-refractivity contribution in [3.05, 3.63) is 45.7 Å². The number of rotatable bonds is 4. The zero-order chi connectivity index (χ0) is 16.4. The van der Waals surface area contributed by atoms with Crippen molar-refractivity contribution in [3.8, 4) is 0 Å². The Morgan fingerprint density at radius 3 is 2.65 bits per heavy atom. The summed E-state index contributed by atoms with van der Waals surface area (Å²) in [6.07, 6.45) is 0.733. The minimum absolute atomic E-state index is 0.0103. The van der Waals surface area contributed by atoms with Gasteiger partial charge in [-0.3, -0.25) is 14.5 Å². The molecule has 0 atom stereocenters. The Balaban J connectivity index is 1.79. The third-order valence-electron chi connectivity index (χ3n) is 4.55. The van der Waals surface area contributed by atoms with Gasteiger partial charge in [0.05, 0.1) is 6.54 Å². The SMILES string of the molecule is CCc1cc2ccc(CN3CCN(CC)C(=O)C3)cc2[nH]c1=O. The molecule has 1 aromatic heterocycles. The van der Waals surface area contributed by atoms with Crippen LogP contribution in [0.1, 0.15) is 25.0 Å². The maximum absolute atomic E-state index is 12.0. The number of aromatic nitrogens is 1. The lowest BCUT2D eigenvalue weighted by Crippen LogP contribution is -2.49. The average Bonchev–Trinajstić information content (AvgIpc) is 2.54. The number of carbonyl (C=O) groups is 1. The molecule has 1 aromatic carbocycles. The van der Waals surface area contributed by atoms with E-state index in [2.05, 4.69) is 16.0 Å². The van der Waals surface area contributed by atoms with E-state index in [0.29, 0.717) is 6.54 Å². The van der Waals surface area contributed by atoms with Gasteiger partial charge in [-0.1, -0.05) is 19.1 Å². The first kappa shape index (κ1) is 15.7. The average molecular weight is 313 g/mol. The van der Waals surface area contributed by atoms with Gasteiger partial charge >= 0.3 is 0 Å². The predicted molar refractivity (Wildman–Crippen MR) is 91.5 cm³/mol. The number of hydrogen-bond donors (Lipinski definition) is 1. The molecule has 5 nitrogen and oxygen atoms in total. The Hall–Kier alpha value is -2.14. The molecule has 0 saturated carbocycles. The van der Waals surface area contributed by atoms with E-state index in [-0.39, 0.29) is 11.5 Å². The van der Waals surface area contributed by atoms with Gasteiger partial charge in [0.25, 0.3) is 5.56 Å². The number of piperazine rings is 1. The van der Waals surface area contributed by atoms with Crippen LogP contribution in [0.3, 0.4) is 0 Å². The number of aryl methyl sites for hydroxylation is 1. The highest BCUT2D eigenvalue weighted by atomic mass is 16.2. The van der Waals surface area contributed by atoms with E-state index in [1.807, 2.05) is 36.9 Å². The van der Waals surface area contributed by atoms with Gasteiger partial charge in [-0.05, 0) is 36.4 Å². The van der Waals surface area contributed by atoms with E-state index in [0.717, 1.165) is 54.6 Å². The third kappa shape index (κ3) is 3.29. The Bertz CT molecular complexity index is 781. The van der Waals surface area contributed by atoms with Gasteiger partial charge in [0.2, 0.25) is 5.91 Å². The van der Waals surface area contributed by atoms with Crippen molar-refractivity contribution >= 4 is 16.8 Å². The van der Waals surface area contributed by atoms with Crippen LogP contribution >= 0.6 is 0 Å². The standard InChI is InChI=1S/C18H23N3O2/c1-3-14-10-15-6-5-13(9-16(15)19-18(14)23)11-20-7-8-21(4-2)17(22)12-20/h5-6,9-10H,3-4,7-8,11-12H2,1-2H3,(H,19,23). The highest BCUT2D eigenvalue weighted by Gasteiger charge is 2.22. The smallest absolute Gasteiger partial charge is 0.251 e. The topological polar surface area (TPSA) is 56.4 Å². The molecule has 2 heterocycles. The maximum Gasteiger partial charge on any atom is 0.251 e. The van der Waals surface area contributed by atoms with Crippen LogP contribution in [0.4, 0.5) is 0 Å². The van der Waals surface area contributed by atoms with Crippen molar-refractivity contribution in [3.63, 3.8) is 0 Å². The van der Waals surface area contributed by atoms with Crippen molar-refractivity contribution < 1.29 is 4.79 Å². The molecule has 0 spiro atoms. The minimum atomic E-state index is -0.0103. The molecule has 0 unspecified atom stereocenters. The largest absolute Gasteiger partial charge is 0.341 e. The summed E-state index contributed by atoms with van der Waals surface area (Å²) in [5, 5.41) is 1.05. The Kier molecular flexibility index (Phi) is 4.48. The van der Waals surface area contributed by atoms with Crippen LogP contribution in [0, 0.1) is 0 Å². The number of H-pyrrole nitrogens is 1. The molecule has 1 aliphatic heterocycles. The van der Waals surface area contributed by atoms with Crippen LogP contribution in [0.5, 0.6) is 0 Å². The molecule has 3 rings (SSSR count). The molecule has 1 fully saturated rings. The summed E-state index contributed by atoms with van der Waals surface area (Å²) in [6, 6.07) is 8.11. The van der Waals surface area contributed by atoms with Gasteiger partial charge < -0.3 is 9.88 Å². The van der Waals surface area contributed by atoms with Crippen molar-refractivity contribution in [2.75, 3.05) is 26.2 Å². The van der Waals surface area contributed by atoms with E-state index in [4.69, 9.17) is 0 Å². The van der Waals surface area contributed by atoms with Crippen LogP contribution in [-0.4, -0.2) is 46.9 Å². The number of aromatic amines is 1. The summed E-state index contributed by atoms with van der Waals surface area (Å²) in [5.74, 6) is 0.195. The van der Waals surface area contributed by atoms with Crippen molar-refractivity contribution in [2.24, 2.45) is 0 Å². The zero-order valence-corrected chi connectivity index (χ0v) is 13.8. The van der Waals surface area contributed by atoms with E-state index in [9.17, 15) is 9.59 Å². The molecule has 0 aliphatic carbocycles.